The number of aryl methyl sites for hydroxylation is 1. The Hall–Kier alpha value is -6.12. The van der Waals surface area contributed by atoms with Crippen molar-refractivity contribution in [2.45, 2.75) is 18.3 Å². The Bertz CT molecular complexity index is 2510. The monoisotopic (exact) mass is 627 g/mol. The van der Waals surface area contributed by atoms with Gasteiger partial charge >= 0.3 is 0 Å². The molecule has 2 heteroatoms. The molecule has 1 heterocycles. The minimum Gasteiger partial charge on any atom is -0.456 e. The maximum absolute atomic E-state index is 7.02. The molecule has 2 aliphatic carbocycles. The number of hydrogen-bond acceptors (Lipinski definition) is 2. The van der Waals surface area contributed by atoms with E-state index in [1.807, 2.05) is 0 Å². The van der Waals surface area contributed by atoms with Gasteiger partial charge < -0.3 is 9.32 Å². The SMILES string of the molecule is C1=Cc2oc3c(C4(c5ccccc5)c5ccccc5-c5ccccc54)cc(N(c4ccccc4)c4cccc5ccccc45)cc3c2CC1. The van der Waals surface area contributed by atoms with Crippen molar-refractivity contribution in [2.75, 3.05) is 4.90 Å². The van der Waals surface area contributed by atoms with E-state index in [0.29, 0.717) is 0 Å². The standard InChI is InChI=1S/C47H33NO/c1-3-18-33(19-4-1)47(41-26-12-9-23-37(41)38-24-10-13-27-42(38)47)43-31-35(30-40-39-25-11-14-29-45(39)49-46(40)43)48(34-20-5-2-6-21-34)44-28-15-17-32-16-7-8-22-36(32)44/h1-10,12-24,26-31H,11,25H2. The zero-order valence-corrected chi connectivity index (χ0v) is 27.0. The molecule has 0 radical (unpaired) electrons. The molecule has 0 fully saturated rings. The zero-order valence-electron chi connectivity index (χ0n) is 27.0. The van der Waals surface area contributed by atoms with Crippen LogP contribution in [0.25, 0.3) is 38.9 Å². The van der Waals surface area contributed by atoms with Crippen molar-refractivity contribution in [3.8, 4) is 11.1 Å². The smallest absolute Gasteiger partial charge is 0.140 e. The predicted octanol–water partition coefficient (Wildman–Crippen LogP) is 12.4. The molecule has 0 saturated carbocycles. The maximum atomic E-state index is 7.02. The van der Waals surface area contributed by atoms with Crippen LogP contribution in [0.2, 0.25) is 0 Å². The first-order valence-electron chi connectivity index (χ1n) is 17.2. The van der Waals surface area contributed by atoms with Crippen LogP contribution in [0.1, 0.15) is 40.0 Å². The van der Waals surface area contributed by atoms with Crippen LogP contribution in [-0.2, 0) is 11.8 Å². The largest absolute Gasteiger partial charge is 0.456 e. The Morgan fingerprint density at radius 3 is 1.96 bits per heavy atom. The first-order chi connectivity index (χ1) is 24.3. The van der Waals surface area contributed by atoms with Gasteiger partial charge in [-0.2, -0.15) is 0 Å². The number of fused-ring (bicyclic) bond motifs is 7. The fourth-order valence-corrected chi connectivity index (χ4v) is 8.56. The number of rotatable bonds is 5. The number of nitrogens with zero attached hydrogens (tertiary/aromatic N) is 1. The molecule has 7 aromatic carbocycles. The van der Waals surface area contributed by atoms with Crippen LogP contribution in [0, 0.1) is 0 Å². The lowest BCUT2D eigenvalue weighted by Gasteiger charge is -2.35. The van der Waals surface area contributed by atoms with E-state index in [1.165, 1.54) is 49.5 Å². The average Bonchev–Trinajstić information content (AvgIpc) is 3.70. The first-order valence-corrected chi connectivity index (χ1v) is 17.2. The summed E-state index contributed by atoms with van der Waals surface area (Å²) in [6, 6.07) is 59.8. The average molecular weight is 628 g/mol. The lowest BCUT2D eigenvalue weighted by Crippen LogP contribution is -2.29. The second kappa shape index (κ2) is 11.0. The quantitative estimate of drug-likeness (QED) is 0.189. The Labute approximate surface area is 286 Å². The van der Waals surface area contributed by atoms with Gasteiger partial charge in [0.2, 0.25) is 0 Å². The third kappa shape index (κ3) is 4.07. The van der Waals surface area contributed by atoms with Crippen molar-refractivity contribution in [3.05, 3.63) is 203 Å². The van der Waals surface area contributed by atoms with E-state index in [9.17, 15) is 0 Å². The van der Waals surface area contributed by atoms with E-state index in [1.54, 1.807) is 0 Å². The first kappa shape index (κ1) is 27.9. The van der Waals surface area contributed by atoms with Gasteiger partial charge in [-0.05, 0) is 82.5 Å². The highest BCUT2D eigenvalue weighted by atomic mass is 16.3. The third-order valence-electron chi connectivity index (χ3n) is 10.6. The molecule has 0 N–H and O–H groups in total. The van der Waals surface area contributed by atoms with Gasteiger partial charge in [-0.1, -0.05) is 140 Å². The molecule has 1 aromatic heterocycles. The zero-order chi connectivity index (χ0) is 32.4. The van der Waals surface area contributed by atoms with Gasteiger partial charge in [0, 0.05) is 33.3 Å². The van der Waals surface area contributed by atoms with Gasteiger partial charge in [0.1, 0.15) is 11.3 Å². The van der Waals surface area contributed by atoms with Crippen molar-refractivity contribution in [1.29, 1.82) is 0 Å². The van der Waals surface area contributed by atoms with Crippen molar-refractivity contribution < 1.29 is 4.42 Å². The molecule has 8 aromatic rings. The van der Waals surface area contributed by atoms with Crippen LogP contribution in [0.3, 0.4) is 0 Å². The van der Waals surface area contributed by atoms with Crippen LogP contribution in [0.15, 0.2) is 174 Å². The van der Waals surface area contributed by atoms with Crippen LogP contribution < -0.4 is 4.90 Å². The second-order valence-electron chi connectivity index (χ2n) is 13.1. The fourth-order valence-electron chi connectivity index (χ4n) is 8.56. The minimum absolute atomic E-state index is 0.603. The summed E-state index contributed by atoms with van der Waals surface area (Å²) in [5.74, 6) is 0.971. The number of anilines is 3. The number of hydrogen-bond donors (Lipinski definition) is 0. The van der Waals surface area contributed by atoms with Crippen molar-refractivity contribution in [1.82, 2.24) is 0 Å². The van der Waals surface area contributed by atoms with Crippen LogP contribution in [0.4, 0.5) is 17.1 Å². The molecular weight excluding hydrogens is 595 g/mol. The number of benzene rings is 7. The Balaban J connectivity index is 1.38. The summed E-state index contributed by atoms with van der Waals surface area (Å²) in [5, 5.41) is 3.61. The predicted molar refractivity (Wildman–Crippen MR) is 203 cm³/mol. The molecule has 0 unspecified atom stereocenters. The molecule has 49 heavy (non-hydrogen) atoms. The van der Waals surface area contributed by atoms with E-state index >= 15 is 0 Å². The number of furan rings is 1. The van der Waals surface area contributed by atoms with Gasteiger partial charge in [-0.3, -0.25) is 0 Å². The van der Waals surface area contributed by atoms with Crippen molar-refractivity contribution in [2.24, 2.45) is 0 Å². The molecule has 0 aliphatic heterocycles. The van der Waals surface area contributed by atoms with Gasteiger partial charge in [-0.25, -0.2) is 0 Å². The third-order valence-corrected chi connectivity index (χ3v) is 10.6. The summed E-state index contributed by atoms with van der Waals surface area (Å²) in [6.07, 6.45) is 6.37. The molecule has 0 spiro atoms. The summed E-state index contributed by atoms with van der Waals surface area (Å²) in [6.45, 7) is 0. The number of para-hydroxylation sites is 1. The highest BCUT2D eigenvalue weighted by Crippen LogP contribution is 2.58. The molecule has 0 saturated heterocycles. The van der Waals surface area contributed by atoms with Crippen molar-refractivity contribution >= 4 is 44.9 Å². The molecule has 0 bridgehead atoms. The summed E-state index contributed by atoms with van der Waals surface area (Å²) < 4.78 is 7.02. The molecular formula is C47H33NO. The lowest BCUT2D eigenvalue weighted by molar-refractivity contribution is 0.584. The molecule has 2 nitrogen and oxygen atoms in total. The van der Waals surface area contributed by atoms with E-state index in [4.69, 9.17) is 4.42 Å². The molecule has 0 amide bonds. The Kier molecular flexibility index (Phi) is 6.25. The molecule has 0 atom stereocenters. The molecule has 10 rings (SSSR count). The molecule has 232 valence electrons. The topological polar surface area (TPSA) is 16.4 Å². The minimum atomic E-state index is -0.603. The maximum Gasteiger partial charge on any atom is 0.140 e. The van der Waals surface area contributed by atoms with E-state index in [-0.39, 0.29) is 0 Å². The molecule has 2 aliphatic rings. The van der Waals surface area contributed by atoms with E-state index in [0.717, 1.165) is 46.8 Å². The van der Waals surface area contributed by atoms with Gasteiger partial charge in [0.05, 0.1) is 11.1 Å². The fraction of sp³-hybridized carbons (Fsp3) is 0.0638. The van der Waals surface area contributed by atoms with Gasteiger partial charge in [0.15, 0.2) is 0 Å². The van der Waals surface area contributed by atoms with E-state index in [2.05, 4.69) is 181 Å². The Morgan fingerprint density at radius 2 is 1.18 bits per heavy atom. The van der Waals surface area contributed by atoms with Crippen molar-refractivity contribution in [3.63, 3.8) is 0 Å². The second-order valence-corrected chi connectivity index (χ2v) is 13.1. The van der Waals surface area contributed by atoms with Gasteiger partial charge in [0.25, 0.3) is 0 Å². The normalized spacial score (nSPS) is 14.0. The van der Waals surface area contributed by atoms with E-state index < -0.39 is 5.41 Å². The summed E-state index contributed by atoms with van der Waals surface area (Å²) in [5.41, 5.74) is 12.5. The summed E-state index contributed by atoms with van der Waals surface area (Å²) >= 11 is 0. The number of allylic oxidation sites excluding steroid dienone is 1. The van der Waals surface area contributed by atoms with Gasteiger partial charge in [-0.15, -0.1) is 0 Å². The summed E-state index contributed by atoms with van der Waals surface area (Å²) in [4.78, 5) is 2.44. The lowest BCUT2D eigenvalue weighted by atomic mass is 9.67. The summed E-state index contributed by atoms with van der Waals surface area (Å²) in [7, 11) is 0. The van der Waals surface area contributed by atoms with Crippen LogP contribution >= 0.6 is 0 Å². The Morgan fingerprint density at radius 1 is 0.531 bits per heavy atom. The highest BCUT2D eigenvalue weighted by Gasteiger charge is 2.48. The van der Waals surface area contributed by atoms with Crippen LogP contribution in [-0.4, -0.2) is 0 Å². The highest BCUT2D eigenvalue weighted by molar-refractivity contribution is 6.02. The van der Waals surface area contributed by atoms with Crippen LogP contribution in [0.5, 0.6) is 0 Å².